The van der Waals surface area contributed by atoms with E-state index in [0.29, 0.717) is 25.9 Å². The number of nitrogens with zero attached hydrogens (tertiary/aromatic N) is 1. The summed E-state index contributed by atoms with van der Waals surface area (Å²) in [7, 11) is -6.68. The van der Waals surface area contributed by atoms with Crippen LogP contribution in [0, 0.1) is 5.41 Å². The van der Waals surface area contributed by atoms with Crippen molar-refractivity contribution >= 4 is 20.0 Å². The van der Waals surface area contributed by atoms with E-state index in [2.05, 4.69) is 4.72 Å². The molecule has 8 heteroatoms. The molecule has 1 atom stereocenters. The van der Waals surface area contributed by atoms with Gasteiger partial charge in [-0.1, -0.05) is 18.2 Å². The molecule has 1 unspecified atom stereocenters. The van der Waals surface area contributed by atoms with E-state index < -0.39 is 20.0 Å². The molecular weight excluding hydrogens is 348 g/mol. The summed E-state index contributed by atoms with van der Waals surface area (Å²) < 4.78 is 53.4. The van der Waals surface area contributed by atoms with E-state index in [-0.39, 0.29) is 22.1 Å². The van der Waals surface area contributed by atoms with Crippen LogP contribution in [0.15, 0.2) is 35.2 Å². The van der Waals surface area contributed by atoms with E-state index >= 15 is 0 Å². The fraction of sp³-hybridized carbons (Fsp3) is 0.625. The molecule has 1 spiro atoms. The van der Waals surface area contributed by atoms with Crippen molar-refractivity contribution in [3.8, 4) is 0 Å². The minimum Gasteiger partial charge on any atom is -0.212 e. The topological polar surface area (TPSA) is 83.6 Å². The molecule has 1 aromatic rings. The third kappa shape index (κ3) is 3.24. The van der Waals surface area contributed by atoms with E-state index in [1.54, 1.807) is 41.6 Å². The van der Waals surface area contributed by atoms with Gasteiger partial charge in [-0.05, 0) is 50.2 Å². The molecular formula is C16H24N2O4S2. The Labute approximate surface area is 144 Å². The Bertz CT molecular complexity index is 783. The van der Waals surface area contributed by atoms with Gasteiger partial charge in [0.1, 0.15) is 0 Å². The molecule has 0 radical (unpaired) electrons. The number of hydrogen-bond donors (Lipinski definition) is 1. The van der Waals surface area contributed by atoms with Crippen molar-refractivity contribution in [3.05, 3.63) is 30.3 Å². The first-order chi connectivity index (χ1) is 11.3. The van der Waals surface area contributed by atoms with Gasteiger partial charge in [0.25, 0.3) is 0 Å². The molecule has 0 amide bonds. The minimum absolute atomic E-state index is 0.0956. The van der Waals surface area contributed by atoms with E-state index in [1.165, 1.54) is 0 Å². The number of piperidine rings is 1. The zero-order valence-corrected chi connectivity index (χ0v) is 15.4. The van der Waals surface area contributed by atoms with Crippen molar-refractivity contribution in [2.75, 3.05) is 18.8 Å². The summed E-state index contributed by atoms with van der Waals surface area (Å²) in [6.45, 7) is 2.62. The minimum atomic E-state index is -3.52. The number of benzene rings is 1. The Morgan fingerprint density at radius 3 is 2.21 bits per heavy atom. The lowest BCUT2D eigenvalue weighted by atomic mass is 9.60. The van der Waals surface area contributed by atoms with Gasteiger partial charge in [0.15, 0.2) is 0 Å². The molecule has 1 N–H and O–H groups in total. The van der Waals surface area contributed by atoms with Crippen molar-refractivity contribution in [2.45, 2.75) is 43.5 Å². The average Bonchev–Trinajstić information content (AvgIpc) is 2.60. The predicted octanol–water partition coefficient (Wildman–Crippen LogP) is 1.56. The van der Waals surface area contributed by atoms with Crippen LogP contribution in [0.5, 0.6) is 0 Å². The quantitative estimate of drug-likeness (QED) is 0.850. The molecule has 1 aliphatic carbocycles. The maximum absolute atomic E-state index is 12.5. The summed E-state index contributed by atoms with van der Waals surface area (Å²) in [4.78, 5) is 0.276. The Morgan fingerprint density at radius 2 is 1.71 bits per heavy atom. The summed E-state index contributed by atoms with van der Waals surface area (Å²) in [5, 5.41) is 0. The monoisotopic (exact) mass is 372 g/mol. The van der Waals surface area contributed by atoms with Crippen LogP contribution >= 0.6 is 0 Å². The molecule has 2 fully saturated rings. The summed E-state index contributed by atoms with van der Waals surface area (Å²) in [5.41, 5.74) is -0.0956. The van der Waals surface area contributed by atoms with E-state index in [0.717, 1.165) is 12.8 Å². The fourth-order valence-corrected chi connectivity index (χ4v) is 6.22. The van der Waals surface area contributed by atoms with Crippen LogP contribution in [0.25, 0.3) is 0 Å². The zero-order chi connectivity index (χ0) is 17.4. The molecule has 0 bridgehead atoms. The van der Waals surface area contributed by atoms with Gasteiger partial charge in [-0.15, -0.1) is 0 Å². The molecule has 6 nitrogen and oxygen atoms in total. The van der Waals surface area contributed by atoms with E-state index in [1.807, 2.05) is 0 Å². The largest absolute Gasteiger partial charge is 0.240 e. The number of rotatable bonds is 5. The second-order valence-corrected chi connectivity index (χ2v) is 10.7. The molecule has 2 aliphatic rings. The number of hydrogen-bond acceptors (Lipinski definition) is 4. The standard InChI is InChI=1S/C16H24N2O4S2/c1-2-23(19,20)18-12-10-16(11-13-18)9-8-15(16)17-24(21,22)14-6-4-3-5-7-14/h3-7,15,17H,2,8-13H2,1H3. The highest BCUT2D eigenvalue weighted by Crippen LogP contribution is 2.49. The third-order valence-electron chi connectivity index (χ3n) is 5.50. The SMILES string of the molecule is CCS(=O)(=O)N1CCC2(CCC2NS(=O)(=O)c2ccccc2)CC1. The zero-order valence-electron chi connectivity index (χ0n) is 13.8. The number of nitrogens with one attached hydrogen (secondary N) is 1. The maximum Gasteiger partial charge on any atom is 0.240 e. The lowest BCUT2D eigenvalue weighted by Gasteiger charge is -2.53. The smallest absolute Gasteiger partial charge is 0.212 e. The van der Waals surface area contributed by atoms with Crippen LogP contribution in [-0.2, 0) is 20.0 Å². The molecule has 0 aromatic heterocycles. The van der Waals surface area contributed by atoms with Crippen LogP contribution in [0.3, 0.4) is 0 Å². The Morgan fingerprint density at radius 1 is 1.08 bits per heavy atom. The second-order valence-electron chi connectivity index (χ2n) is 6.69. The molecule has 1 saturated carbocycles. The van der Waals surface area contributed by atoms with Crippen LogP contribution < -0.4 is 4.72 Å². The summed E-state index contributed by atoms with van der Waals surface area (Å²) >= 11 is 0. The Hall–Kier alpha value is -0.960. The van der Waals surface area contributed by atoms with Crippen molar-refractivity contribution < 1.29 is 16.8 Å². The molecule has 134 valence electrons. The normalized spacial score (nSPS) is 24.6. The first kappa shape index (κ1) is 17.8. The Balaban J connectivity index is 1.68. The van der Waals surface area contributed by atoms with Gasteiger partial charge in [0.2, 0.25) is 20.0 Å². The van der Waals surface area contributed by atoms with Gasteiger partial charge in [0.05, 0.1) is 10.6 Å². The third-order valence-corrected chi connectivity index (χ3v) is 8.87. The van der Waals surface area contributed by atoms with Gasteiger partial charge < -0.3 is 0 Å². The molecule has 3 rings (SSSR count). The highest BCUT2D eigenvalue weighted by molar-refractivity contribution is 7.89. The van der Waals surface area contributed by atoms with Gasteiger partial charge in [0, 0.05) is 19.1 Å². The van der Waals surface area contributed by atoms with Crippen molar-refractivity contribution in [3.63, 3.8) is 0 Å². The van der Waals surface area contributed by atoms with Crippen LogP contribution in [0.2, 0.25) is 0 Å². The van der Waals surface area contributed by atoms with Gasteiger partial charge in [-0.3, -0.25) is 0 Å². The first-order valence-corrected chi connectivity index (χ1v) is 11.4. The van der Waals surface area contributed by atoms with Gasteiger partial charge in [-0.25, -0.2) is 25.9 Å². The highest BCUT2D eigenvalue weighted by Gasteiger charge is 2.50. The van der Waals surface area contributed by atoms with Gasteiger partial charge >= 0.3 is 0 Å². The predicted molar refractivity (Wildman–Crippen MR) is 92.5 cm³/mol. The molecule has 1 aliphatic heterocycles. The van der Waals surface area contributed by atoms with Crippen molar-refractivity contribution in [1.29, 1.82) is 0 Å². The van der Waals surface area contributed by atoms with Crippen LogP contribution in [0.1, 0.15) is 32.6 Å². The van der Waals surface area contributed by atoms with Crippen LogP contribution in [0.4, 0.5) is 0 Å². The maximum atomic E-state index is 12.5. The molecule has 1 aromatic carbocycles. The van der Waals surface area contributed by atoms with E-state index in [9.17, 15) is 16.8 Å². The van der Waals surface area contributed by atoms with Crippen molar-refractivity contribution in [2.24, 2.45) is 5.41 Å². The molecule has 24 heavy (non-hydrogen) atoms. The molecule has 1 heterocycles. The second kappa shape index (κ2) is 6.40. The summed E-state index contributed by atoms with van der Waals surface area (Å²) in [6.07, 6.45) is 3.20. The average molecular weight is 373 g/mol. The lowest BCUT2D eigenvalue weighted by Crippen LogP contribution is -2.59. The first-order valence-electron chi connectivity index (χ1n) is 8.34. The fourth-order valence-electron chi connectivity index (χ4n) is 3.73. The Kier molecular flexibility index (Phi) is 4.76. The van der Waals surface area contributed by atoms with Crippen LogP contribution in [-0.4, -0.2) is 46.0 Å². The van der Waals surface area contributed by atoms with E-state index in [4.69, 9.17) is 0 Å². The summed E-state index contributed by atoms with van der Waals surface area (Å²) in [5.74, 6) is 0.115. The highest BCUT2D eigenvalue weighted by atomic mass is 32.2. The van der Waals surface area contributed by atoms with Crippen molar-refractivity contribution in [1.82, 2.24) is 9.03 Å². The lowest BCUT2D eigenvalue weighted by molar-refractivity contribution is 0.0239. The van der Waals surface area contributed by atoms with Gasteiger partial charge in [-0.2, -0.15) is 0 Å². The molecule has 1 saturated heterocycles. The number of sulfonamides is 2. The summed E-state index contributed by atoms with van der Waals surface area (Å²) in [6, 6.07) is 8.27.